The molecule has 0 spiro atoms. The largest absolute Gasteiger partial charge is 0.121 e. The lowest BCUT2D eigenvalue weighted by Gasteiger charge is -2.36. The van der Waals surface area contributed by atoms with E-state index in [9.17, 15) is 0 Å². The van der Waals surface area contributed by atoms with Gasteiger partial charge in [-0.15, -0.1) is 5.47 Å². The van der Waals surface area contributed by atoms with Crippen molar-refractivity contribution in [3.8, 4) is 0 Å². The van der Waals surface area contributed by atoms with Gasteiger partial charge in [0.05, 0.1) is 0 Å². The Morgan fingerprint density at radius 2 is 2.00 bits per heavy atom. The Balaban J connectivity index is 2.68. The molecule has 1 rings (SSSR count). The quantitative estimate of drug-likeness (QED) is 0.480. The predicted octanol–water partition coefficient (Wildman–Crippen LogP) is 3.13. The van der Waals surface area contributed by atoms with Crippen molar-refractivity contribution in [2.75, 3.05) is 0 Å². The van der Waals surface area contributed by atoms with Gasteiger partial charge in [-0.05, 0) is 30.1 Å². The van der Waals surface area contributed by atoms with E-state index < -0.39 is 0 Å². The molecule has 2 unspecified atom stereocenters. The molecular weight excluding hydrogens is 143 g/mol. The summed E-state index contributed by atoms with van der Waals surface area (Å²) >= 11 is 0. The fraction of sp³-hybridized carbons (Fsp3) is 0.818. The van der Waals surface area contributed by atoms with E-state index in [1.807, 2.05) is 0 Å². The van der Waals surface area contributed by atoms with Gasteiger partial charge in [-0.3, -0.25) is 0 Å². The summed E-state index contributed by atoms with van der Waals surface area (Å²) in [5, 5.41) is 0. The molecule has 0 aromatic carbocycles. The van der Waals surface area contributed by atoms with Crippen LogP contribution in [0.15, 0.2) is 11.5 Å². The highest BCUT2D eigenvalue weighted by molar-refractivity contribution is 6.21. The molecule has 0 N–H and O–H groups in total. The molecular formula is C11H19B. The zero-order chi connectivity index (χ0) is 9.35. The van der Waals surface area contributed by atoms with E-state index in [2.05, 4.69) is 33.8 Å². The van der Waals surface area contributed by atoms with Crippen LogP contribution in [0.3, 0.4) is 0 Å². The van der Waals surface area contributed by atoms with Crippen LogP contribution in [0.5, 0.6) is 0 Å². The van der Waals surface area contributed by atoms with Gasteiger partial charge in [0.25, 0.3) is 0 Å². The van der Waals surface area contributed by atoms with Crippen molar-refractivity contribution in [2.24, 2.45) is 17.3 Å². The number of hydrogen-bond acceptors (Lipinski definition) is 0. The molecule has 1 aliphatic carbocycles. The molecule has 66 valence electrons. The number of allylic oxidation sites excluding steroid dienone is 2. The Hall–Kier alpha value is -0.195. The minimum Gasteiger partial charge on any atom is -0.121 e. The standard InChI is InChI=1S/C11H19B/c1-8-5-9(11(2,3)4)7-10(12)6-8/h6,8-9H,5,7H2,1-4H3. The molecule has 1 heteroatoms. The fourth-order valence-corrected chi connectivity index (χ4v) is 1.98. The zero-order valence-corrected chi connectivity index (χ0v) is 8.72. The van der Waals surface area contributed by atoms with Gasteiger partial charge in [0, 0.05) is 0 Å². The molecule has 0 aromatic rings. The average molecular weight is 162 g/mol. The van der Waals surface area contributed by atoms with Gasteiger partial charge in [0.1, 0.15) is 7.85 Å². The van der Waals surface area contributed by atoms with E-state index in [0.717, 1.165) is 17.8 Å². The highest BCUT2D eigenvalue weighted by Gasteiger charge is 2.28. The number of rotatable bonds is 0. The molecule has 0 saturated carbocycles. The van der Waals surface area contributed by atoms with E-state index in [4.69, 9.17) is 7.85 Å². The summed E-state index contributed by atoms with van der Waals surface area (Å²) in [4.78, 5) is 0. The maximum atomic E-state index is 5.87. The summed E-state index contributed by atoms with van der Waals surface area (Å²) in [6.45, 7) is 9.18. The van der Waals surface area contributed by atoms with Gasteiger partial charge in [0.2, 0.25) is 0 Å². The predicted molar refractivity (Wildman–Crippen MR) is 55.2 cm³/mol. The second-order valence-corrected chi connectivity index (χ2v) is 5.22. The van der Waals surface area contributed by atoms with Crippen molar-refractivity contribution in [1.29, 1.82) is 0 Å². The summed E-state index contributed by atoms with van der Waals surface area (Å²) in [7, 11) is 5.87. The highest BCUT2D eigenvalue weighted by Crippen LogP contribution is 2.38. The van der Waals surface area contributed by atoms with Gasteiger partial charge in [0.15, 0.2) is 0 Å². The summed E-state index contributed by atoms with van der Waals surface area (Å²) in [5.74, 6) is 1.43. The van der Waals surface area contributed by atoms with Crippen molar-refractivity contribution in [1.82, 2.24) is 0 Å². The third-order valence-electron chi connectivity index (χ3n) is 2.86. The van der Waals surface area contributed by atoms with Gasteiger partial charge >= 0.3 is 0 Å². The van der Waals surface area contributed by atoms with Crippen molar-refractivity contribution in [2.45, 2.75) is 40.5 Å². The minimum absolute atomic E-state index is 0.410. The van der Waals surface area contributed by atoms with Crippen LogP contribution in [0.25, 0.3) is 0 Å². The molecule has 2 radical (unpaired) electrons. The van der Waals surface area contributed by atoms with Crippen molar-refractivity contribution in [3.63, 3.8) is 0 Å². The van der Waals surface area contributed by atoms with Crippen LogP contribution in [-0.2, 0) is 0 Å². The summed E-state index contributed by atoms with van der Waals surface area (Å²) < 4.78 is 0. The van der Waals surface area contributed by atoms with Crippen LogP contribution in [0.4, 0.5) is 0 Å². The first kappa shape index (κ1) is 9.89. The number of hydrogen-bond donors (Lipinski definition) is 0. The maximum Gasteiger partial charge on any atom is 0.107 e. The molecule has 0 saturated heterocycles. The molecule has 0 amide bonds. The fourth-order valence-electron chi connectivity index (χ4n) is 1.98. The Bertz CT molecular complexity index is 186. The molecule has 0 nitrogen and oxygen atoms in total. The summed E-state index contributed by atoms with van der Waals surface area (Å²) in [6, 6.07) is 0. The Morgan fingerprint density at radius 1 is 1.42 bits per heavy atom. The first-order chi connectivity index (χ1) is 5.39. The second kappa shape index (κ2) is 3.28. The molecule has 0 heterocycles. The van der Waals surface area contributed by atoms with E-state index in [0.29, 0.717) is 11.3 Å². The first-order valence-electron chi connectivity index (χ1n) is 4.86. The average Bonchev–Trinajstić information content (AvgIpc) is 1.82. The molecule has 2 atom stereocenters. The van der Waals surface area contributed by atoms with Gasteiger partial charge in [-0.1, -0.05) is 33.8 Å². The van der Waals surface area contributed by atoms with Crippen LogP contribution in [-0.4, -0.2) is 7.85 Å². The lowest BCUT2D eigenvalue weighted by Crippen LogP contribution is -2.25. The second-order valence-electron chi connectivity index (χ2n) is 5.22. The van der Waals surface area contributed by atoms with Gasteiger partial charge < -0.3 is 0 Å². The smallest absolute Gasteiger partial charge is 0.107 e. The summed E-state index contributed by atoms with van der Waals surface area (Å²) in [6.07, 6.45) is 4.60. The van der Waals surface area contributed by atoms with Crippen molar-refractivity contribution < 1.29 is 0 Å². The first-order valence-corrected chi connectivity index (χ1v) is 4.86. The van der Waals surface area contributed by atoms with Crippen LogP contribution in [0.1, 0.15) is 40.5 Å². The molecule has 0 bridgehead atoms. The topological polar surface area (TPSA) is 0 Å². The molecule has 0 aromatic heterocycles. The molecule has 0 fully saturated rings. The third kappa shape index (κ3) is 2.40. The lowest BCUT2D eigenvalue weighted by atomic mass is 9.66. The maximum absolute atomic E-state index is 5.87. The highest BCUT2D eigenvalue weighted by atomic mass is 14.3. The SMILES string of the molecule is [B]C1=CC(C)CC(C(C)(C)C)C1. The van der Waals surface area contributed by atoms with Crippen LogP contribution >= 0.6 is 0 Å². The minimum atomic E-state index is 0.410. The molecule has 0 aliphatic heterocycles. The van der Waals surface area contributed by atoms with Gasteiger partial charge in [-0.2, -0.15) is 0 Å². The van der Waals surface area contributed by atoms with Crippen molar-refractivity contribution >= 4 is 7.85 Å². The van der Waals surface area contributed by atoms with E-state index in [1.165, 1.54) is 6.42 Å². The van der Waals surface area contributed by atoms with E-state index in [1.54, 1.807) is 0 Å². The Morgan fingerprint density at radius 3 is 2.42 bits per heavy atom. The third-order valence-corrected chi connectivity index (χ3v) is 2.86. The normalized spacial score (nSPS) is 31.5. The zero-order valence-electron chi connectivity index (χ0n) is 8.72. The van der Waals surface area contributed by atoms with E-state index >= 15 is 0 Å². The lowest BCUT2D eigenvalue weighted by molar-refractivity contribution is 0.202. The summed E-state index contributed by atoms with van der Waals surface area (Å²) in [5.41, 5.74) is 1.50. The van der Waals surface area contributed by atoms with Crippen LogP contribution < -0.4 is 0 Å². The van der Waals surface area contributed by atoms with Crippen LogP contribution in [0, 0.1) is 17.3 Å². The Kier molecular flexibility index (Phi) is 2.70. The van der Waals surface area contributed by atoms with Crippen LogP contribution in [0.2, 0.25) is 0 Å². The molecule has 12 heavy (non-hydrogen) atoms. The monoisotopic (exact) mass is 162 g/mol. The van der Waals surface area contributed by atoms with Gasteiger partial charge in [-0.25, -0.2) is 0 Å². The Labute approximate surface area is 77.8 Å². The van der Waals surface area contributed by atoms with E-state index in [-0.39, 0.29) is 0 Å². The van der Waals surface area contributed by atoms with Crippen molar-refractivity contribution in [3.05, 3.63) is 11.5 Å². The molecule has 1 aliphatic rings.